The van der Waals surface area contributed by atoms with E-state index < -0.39 is 15.4 Å². The Hall–Kier alpha value is -0.620. The largest absolute Gasteiger partial charge is 0.355 e. The first kappa shape index (κ1) is 13.4. The van der Waals surface area contributed by atoms with Gasteiger partial charge in [0.05, 0.1) is 5.75 Å². The highest BCUT2D eigenvalue weighted by Crippen LogP contribution is 2.11. The molecule has 0 aliphatic carbocycles. The molecule has 0 aliphatic heterocycles. The molecule has 2 N–H and O–H groups in total. The van der Waals surface area contributed by atoms with Crippen LogP contribution in [0.15, 0.2) is 0 Å². The Morgan fingerprint density at radius 2 is 1.79 bits per heavy atom. The number of carbonyl (C=O) groups excluding carboxylic acids is 1. The summed E-state index contributed by atoms with van der Waals surface area (Å²) in [5.41, 5.74) is -0.483. The number of carbonyl (C=O) groups is 1. The predicted molar refractivity (Wildman–Crippen MR) is 55.3 cm³/mol. The first-order chi connectivity index (χ1) is 6.19. The zero-order valence-electron chi connectivity index (χ0n) is 9.05. The molecule has 0 radical (unpaired) electrons. The van der Waals surface area contributed by atoms with Crippen molar-refractivity contribution >= 4 is 15.9 Å². The first-order valence-corrected chi connectivity index (χ1v) is 6.04. The van der Waals surface area contributed by atoms with E-state index in [4.69, 9.17) is 0 Å². The molecule has 0 bridgehead atoms. The second-order valence-corrected chi connectivity index (χ2v) is 6.07. The van der Waals surface area contributed by atoms with E-state index in [0.29, 0.717) is 0 Å². The highest BCUT2D eigenvalue weighted by atomic mass is 32.2. The lowest BCUT2D eigenvalue weighted by Gasteiger charge is -2.17. The Balaban J connectivity index is 3.94. The number of sulfonamides is 1. The summed E-state index contributed by atoms with van der Waals surface area (Å²) in [5, 5.41) is 2.55. The number of hydrogen-bond donors (Lipinski definition) is 2. The summed E-state index contributed by atoms with van der Waals surface area (Å²) < 4.78 is 24.1. The van der Waals surface area contributed by atoms with Crippen LogP contribution in [0.25, 0.3) is 0 Å². The highest BCUT2D eigenvalue weighted by Gasteiger charge is 2.20. The van der Waals surface area contributed by atoms with Gasteiger partial charge in [-0.2, -0.15) is 0 Å². The minimum Gasteiger partial charge on any atom is -0.355 e. The molecule has 0 saturated heterocycles. The van der Waals surface area contributed by atoms with E-state index in [1.165, 1.54) is 7.05 Å². The van der Waals surface area contributed by atoms with Crippen molar-refractivity contribution in [3.63, 3.8) is 0 Å². The molecule has 0 unspecified atom stereocenters. The van der Waals surface area contributed by atoms with Gasteiger partial charge in [-0.25, -0.2) is 13.1 Å². The van der Waals surface area contributed by atoms with E-state index in [2.05, 4.69) is 10.0 Å². The first-order valence-electron chi connectivity index (χ1n) is 4.38. The minimum atomic E-state index is -3.23. The van der Waals surface area contributed by atoms with Crippen molar-refractivity contribution < 1.29 is 13.2 Å². The van der Waals surface area contributed by atoms with Gasteiger partial charge in [0.25, 0.3) is 0 Å². The fraction of sp³-hybridized carbons (Fsp3) is 0.875. The van der Waals surface area contributed by atoms with Crippen LogP contribution in [0.3, 0.4) is 0 Å². The van der Waals surface area contributed by atoms with E-state index in [1.54, 1.807) is 20.8 Å². The molecule has 84 valence electrons. The van der Waals surface area contributed by atoms with E-state index in [-0.39, 0.29) is 18.2 Å². The van der Waals surface area contributed by atoms with Gasteiger partial charge in [0.1, 0.15) is 0 Å². The third kappa shape index (κ3) is 5.18. The van der Waals surface area contributed by atoms with Crippen LogP contribution in [-0.2, 0) is 14.8 Å². The van der Waals surface area contributed by atoms with Gasteiger partial charge >= 0.3 is 0 Å². The molecular weight excluding hydrogens is 204 g/mol. The van der Waals surface area contributed by atoms with E-state index >= 15 is 0 Å². The Bertz CT molecular complexity index is 290. The van der Waals surface area contributed by atoms with Gasteiger partial charge in [-0.15, -0.1) is 0 Å². The molecular formula is C8H18N2O3S. The SMILES string of the molecule is CNS(=O)(=O)CCNC(=O)C(C)(C)C. The zero-order chi connectivity index (χ0) is 11.4. The standard InChI is InChI=1S/C8H18N2O3S/c1-8(2,3)7(11)10-5-6-14(12,13)9-4/h9H,5-6H2,1-4H3,(H,10,11). The Kier molecular flexibility index (Phi) is 4.54. The van der Waals surface area contributed by atoms with Crippen LogP contribution in [0.2, 0.25) is 0 Å². The average molecular weight is 222 g/mol. The van der Waals surface area contributed by atoms with Crippen LogP contribution < -0.4 is 10.0 Å². The number of amides is 1. The molecule has 0 atom stereocenters. The quantitative estimate of drug-likeness (QED) is 0.685. The summed E-state index contributed by atoms with van der Waals surface area (Å²) in [7, 11) is -1.88. The number of hydrogen-bond acceptors (Lipinski definition) is 3. The van der Waals surface area contributed by atoms with Crippen molar-refractivity contribution in [1.29, 1.82) is 0 Å². The maximum absolute atomic E-state index is 11.3. The lowest BCUT2D eigenvalue weighted by Crippen LogP contribution is -2.38. The zero-order valence-corrected chi connectivity index (χ0v) is 9.86. The fourth-order valence-electron chi connectivity index (χ4n) is 0.666. The summed E-state index contributed by atoms with van der Waals surface area (Å²) in [6, 6.07) is 0. The van der Waals surface area contributed by atoms with Crippen molar-refractivity contribution in [3.8, 4) is 0 Å². The van der Waals surface area contributed by atoms with Gasteiger partial charge in [-0.05, 0) is 7.05 Å². The van der Waals surface area contributed by atoms with Gasteiger partial charge in [0.15, 0.2) is 0 Å². The second kappa shape index (κ2) is 4.75. The second-order valence-electron chi connectivity index (χ2n) is 4.03. The summed E-state index contributed by atoms with van der Waals surface area (Å²) in [4.78, 5) is 11.3. The third-order valence-electron chi connectivity index (χ3n) is 1.65. The minimum absolute atomic E-state index is 0.0919. The monoisotopic (exact) mass is 222 g/mol. The molecule has 0 saturated carbocycles. The topological polar surface area (TPSA) is 75.3 Å². The summed E-state index contributed by atoms with van der Waals surface area (Å²) >= 11 is 0. The third-order valence-corrected chi connectivity index (χ3v) is 3.01. The lowest BCUT2D eigenvalue weighted by molar-refractivity contribution is -0.128. The normalized spacial score (nSPS) is 12.6. The number of nitrogens with one attached hydrogen (secondary N) is 2. The Labute approximate surface area is 85.3 Å². The maximum atomic E-state index is 11.3. The molecule has 0 aliphatic rings. The molecule has 6 heteroatoms. The molecule has 0 rings (SSSR count). The van der Waals surface area contributed by atoms with Crippen molar-refractivity contribution in [1.82, 2.24) is 10.0 Å². The summed E-state index contributed by atoms with van der Waals surface area (Å²) in [6.45, 7) is 5.46. The molecule has 5 nitrogen and oxygen atoms in total. The summed E-state index contributed by atoms with van der Waals surface area (Å²) in [6.07, 6.45) is 0. The van der Waals surface area contributed by atoms with Gasteiger partial charge in [0.2, 0.25) is 15.9 Å². The predicted octanol–water partition coefficient (Wildman–Crippen LogP) is -0.302. The van der Waals surface area contributed by atoms with E-state index in [9.17, 15) is 13.2 Å². The molecule has 0 heterocycles. The molecule has 0 aromatic carbocycles. The van der Waals surface area contributed by atoms with Crippen molar-refractivity contribution in [2.45, 2.75) is 20.8 Å². The van der Waals surface area contributed by atoms with E-state index in [0.717, 1.165) is 0 Å². The van der Waals surface area contributed by atoms with Crippen LogP contribution in [0, 0.1) is 5.41 Å². The maximum Gasteiger partial charge on any atom is 0.225 e. The van der Waals surface area contributed by atoms with Crippen molar-refractivity contribution in [2.75, 3.05) is 19.3 Å². The van der Waals surface area contributed by atoms with Crippen LogP contribution in [-0.4, -0.2) is 33.7 Å². The number of rotatable bonds is 4. The van der Waals surface area contributed by atoms with E-state index in [1.807, 2.05) is 0 Å². The van der Waals surface area contributed by atoms with Crippen LogP contribution in [0.1, 0.15) is 20.8 Å². The van der Waals surface area contributed by atoms with Gasteiger partial charge in [0, 0.05) is 12.0 Å². The van der Waals surface area contributed by atoms with Gasteiger partial charge in [-0.3, -0.25) is 4.79 Å². The molecule has 0 aromatic rings. The average Bonchev–Trinajstić information content (AvgIpc) is 2.02. The molecule has 0 fully saturated rings. The smallest absolute Gasteiger partial charge is 0.225 e. The highest BCUT2D eigenvalue weighted by molar-refractivity contribution is 7.89. The Morgan fingerprint density at radius 1 is 1.29 bits per heavy atom. The van der Waals surface area contributed by atoms with Crippen LogP contribution in [0.4, 0.5) is 0 Å². The summed E-state index contributed by atoms with van der Waals surface area (Å²) in [5.74, 6) is -0.241. The molecule has 1 amide bonds. The van der Waals surface area contributed by atoms with Crippen LogP contribution in [0.5, 0.6) is 0 Å². The fourth-order valence-corrected chi connectivity index (χ4v) is 1.24. The lowest BCUT2D eigenvalue weighted by atomic mass is 9.96. The molecule has 14 heavy (non-hydrogen) atoms. The molecule has 0 spiro atoms. The van der Waals surface area contributed by atoms with Crippen LogP contribution >= 0.6 is 0 Å². The molecule has 0 aromatic heterocycles. The van der Waals surface area contributed by atoms with Crippen molar-refractivity contribution in [2.24, 2.45) is 5.41 Å². The van der Waals surface area contributed by atoms with Gasteiger partial charge in [-0.1, -0.05) is 20.8 Å². The Morgan fingerprint density at radius 3 is 2.14 bits per heavy atom. The van der Waals surface area contributed by atoms with Gasteiger partial charge < -0.3 is 5.32 Å². The van der Waals surface area contributed by atoms with Crippen molar-refractivity contribution in [3.05, 3.63) is 0 Å².